The fourth-order valence-electron chi connectivity index (χ4n) is 2.15. The molecule has 3 nitrogen and oxygen atoms in total. The van der Waals surface area contributed by atoms with Crippen LogP contribution in [0.5, 0.6) is 0 Å². The molecule has 0 N–H and O–H groups in total. The number of benzene rings is 1. The first kappa shape index (κ1) is 14.8. The Kier molecular flexibility index (Phi) is 4.63. The van der Waals surface area contributed by atoms with Crippen molar-refractivity contribution in [2.45, 2.75) is 20.4 Å². The van der Waals surface area contributed by atoms with E-state index in [4.69, 9.17) is 16.0 Å². The summed E-state index contributed by atoms with van der Waals surface area (Å²) in [6.45, 7) is 10.1. The Morgan fingerprint density at radius 2 is 2.20 bits per heavy atom. The van der Waals surface area contributed by atoms with Gasteiger partial charge in [-0.15, -0.1) is 0 Å². The molecular weight excluding hydrogens is 274 g/mol. The summed E-state index contributed by atoms with van der Waals surface area (Å²) in [5.41, 5.74) is 2.25. The fourth-order valence-corrected chi connectivity index (χ4v) is 2.33. The Hall–Kier alpha value is -1.58. The first-order chi connectivity index (χ1) is 9.51. The molecule has 0 fully saturated rings. The quantitative estimate of drug-likeness (QED) is 0.785. The van der Waals surface area contributed by atoms with Gasteiger partial charge in [0.1, 0.15) is 5.58 Å². The van der Waals surface area contributed by atoms with Crippen LogP contribution >= 0.6 is 11.6 Å². The second-order valence-corrected chi connectivity index (χ2v) is 5.43. The van der Waals surface area contributed by atoms with Crippen molar-refractivity contribution in [1.82, 2.24) is 4.90 Å². The van der Waals surface area contributed by atoms with Gasteiger partial charge < -0.3 is 4.42 Å². The average molecular weight is 292 g/mol. The van der Waals surface area contributed by atoms with E-state index < -0.39 is 0 Å². The van der Waals surface area contributed by atoms with E-state index in [9.17, 15) is 4.79 Å². The van der Waals surface area contributed by atoms with Gasteiger partial charge in [0, 0.05) is 23.7 Å². The maximum Gasteiger partial charge on any atom is 0.197 e. The predicted octanol–water partition coefficient (Wildman–Crippen LogP) is 3.84. The topological polar surface area (TPSA) is 33.5 Å². The lowest BCUT2D eigenvalue weighted by molar-refractivity contribution is 0.301. The van der Waals surface area contributed by atoms with Crippen LogP contribution in [0.3, 0.4) is 0 Å². The van der Waals surface area contributed by atoms with E-state index in [1.165, 1.54) is 0 Å². The number of likely N-dealkylation sites (N-methyl/N-ethyl adjacent to an activating group) is 1. The number of rotatable bonds is 5. The van der Waals surface area contributed by atoms with Crippen molar-refractivity contribution in [3.63, 3.8) is 0 Å². The Morgan fingerprint density at radius 3 is 2.85 bits per heavy atom. The molecule has 0 aliphatic carbocycles. The number of halogens is 1. The third kappa shape index (κ3) is 3.30. The van der Waals surface area contributed by atoms with Crippen LogP contribution in [0.2, 0.25) is 5.02 Å². The third-order valence-corrected chi connectivity index (χ3v) is 3.38. The molecule has 4 heteroatoms. The molecule has 20 heavy (non-hydrogen) atoms. The molecule has 106 valence electrons. The molecule has 2 aromatic rings. The second kappa shape index (κ2) is 6.25. The monoisotopic (exact) mass is 291 g/mol. The smallest absolute Gasteiger partial charge is 0.197 e. The highest BCUT2D eigenvalue weighted by atomic mass is 35.5. The molecule has 1 heterocycles. The average Bonchev–Trinajstić information content (AvgIpc) is 2.41. The van der Waals surface area contributed by atoms with Crippen molar-refractivity contribution in [1.29, 1.82) is 0 Å². The molecule has 1 aromatic carbocycles. The molecule has 0 unspecified atom stereocenters. The van der Waals surface area contributed by atoms with Crippen LogP contribution in [-0.2, 0) is 6.54 Å². The van der Waals surface area contributed by atoms with Crippen molar-refractivity contribution in [3.8, 4) is 0 Å². The molecule has 2 rings (SSSR count). The van der Waals surface area contributed by atoms with E-state index in [1.54, 1.807) is 24.5 Å². The SMILES string of the molecule is C=C(C)CN(CC)Cc1coc2ccc(Cl)cc2c1=O. The van der Waals surface area contributed by atoms with Gasteiger partial charge in [-0.25, -0.2) is 0 Å². The summed E-state index contributed by atoms with van der Waals surface area (Å²) in [6, 6.07) is 5.08. The van der Waals surface area contributed by atoms with Gasteiger partial charge >= 0.3 is 0 Å². The van der Waals surface area contributed by atoms with Crippen molar-refractivity contribution < 1.29 is 4.42 Å². The molecule has 0 atom stereocenters. The summed E-state index contributed by atoms with van der Waals surface area (Å²) in [6.07, 6.45) is 1.54. The summed E-state index contributed by atoms with van der Waals surface area (Å²) in [7, 11) is 0. The number of hydrogen-bond acceptors (Lipinski definition) is 3. The molecular formula is C16H18ClNO2. The van der Waals surface area contributed by atoms with Gasteiger partial charge in [-0.2, -0.15) is 0 Å². The molecule has 0 aliphatic rings. The largest absolute Gasteiger partial charge is 0.464 e. The second-order valence-electron chi connectivity index (χ2n) is 4.99. The van der Waals surface area contributed by atoms with E-state index in [1.807, 2.05) is 6.92 Å². The Bertz CT molecular complexity index is 690. The molecule has 0 saturated carbocycles. The standard InChI is InChI=1S/C16H18ClNO2/c1-4-18(8-11(2)3)9-12-10-20-15-6-5-13(17)7-14(15)16(12)19/h5-7,10H,2,4,8-9H2,1,3H3. The first-order valence-electron chi connectivity index (χ1n) is 6.58. The number of nitrogens with zero attached hydrogens (tertiary/aromatic N) is 1. The van der Waals surface area contributed by atoms with Crippen LogP contribution in [0, 0.1) is 0 Å². The van der Waals surface area contributed by atoms with Crippen LogP contribution in [0.25, 0.3) is 11.0 Å². The van der Waals surface area contributed by atoms with Gasteiger partial charge in [-0.05, 0) is 31.7 Å². The van der Waals surface area contributed by atoms with Gasteiger partial charge in [0.05, 0.1) is 11.6 Å². The molecule has 0 bridgehead atoms. The molecule has 0 aliphatic heterocycles. The summed E-state index contributed by atoms with van der Waals surface area (Å²) in [5.74, 6) is 0. The minimum absolute atomic E-state index is 0.0195. The van der Waals surface area contributed by atoms with E-state index >= 15 is 0 Å². The normalized spacial score (nSPS) is 11.2. The van der Waals surface area contributed by atoms with Gasteiger partial charge in [0.15, 0.2) is 5.43 Å². The minimum Gasteiger partial charge on any atom is -0.464 e. The zero-order chi connectivity index (χ0) is 14.7. The van der Waals surface area contributed by atoms with Gasteiger partial charge in [0.2, 0.25) is 0 Å². The van der Waals surface area contributed by atoms with Gasteiger partial charge in [0.25, 0.3) is 0 Å². The van der Waals surface area contributed by atoms with Crippen molar-refractivity contribution in [2.75, 3.05) is 13.1 Å². The third-order valence-electron chi connectivity index (χ3n) is 3.14. The molecule has 0 saturated heterocycles. The Labute approximate surface area is 123 Å². The highest BCUT2D eigenvalue weighted by Gasteiger charge is 2.11. The fraction of sp³-hybridized carbons (Fsp3) is 0.312. The molecule has 0 spiro atoms. The predicted molar refractivity (Wildman–Crippen MR) is 83.3 cm³/mol. The minimum atomic E-state index is -0.0195. The van der Waals surface area contributed by atoms with Gasteiger partial charge in [-0.3, -0.25) is 9.69 Å². The Balaban J connectivity index is 2.37. The summed E-state index contributed by atoms with van der Waals surface area (Å²) >= 11 is 5.94. The van der Waals surface area contributed by atoms with E-state index in [0.717, 1.165) is 18.7 Å². The maximum absolute atomic E-state index is 12.5. The zero-order valence-electron chi connectivity index (χ0n) is 11.8. The van der Waals surface area contributed by atoms with E-state index in [0.29, 0.717) is 28.1 Å². The Morgan fingerprint density at radius 1 is 1.45 bits per heavy atom. The van der Waals surface area contributed by atoms with Crippen LogP contribution in [-0.4, -0.2) is 18.0 Å². The molecule has 1 aromatic heterocycles. The summed E-state index contributed by atoms with van der Waals surface area (Å²) in [5, 5.41) is 1.07. The van der Waals surface area contributed by atoms with E-state index in [-0.39, 0.29) is 5.43 Å². The van der Waals surface area contributed by atoms with Crippen molar-refractivity contribution in [3.05, 3.63) is 57.4 Å². The van der Waals surface area contributed by atoms with Gasteiger partial charge in [-0.1, -0.05) is 30.7 Å². The number of hydrogen-bond donors (Lipinski definition) is 0. The molecule has 0 amide bonds. The lowest BCUT2D eigenvalue weighted by Gasteiger charge is -2.19. The van der Waals surface area contributed by atoms with Crippen molar-refractivity contribution >= 4 is 22.6 Å². The van der Waals surface area contributed by atoms with Crippen molar-refractivity contribution in [2.24, 2.45) is 0 Å². The highest BCUT2D eigenvalue weighted by Crippen LogP contribution is 2.17. The van der Waals surface area contributed by atoms with Crippen LogP contribution in [0.4, 0.5) is 0 Å². The zero-order valence-corrected chi connectivity index (χ0v) is 12.5. The van der Waals surface area contributed by atoms with Crippen LogP contribution in [0.15, 0.2) is 45.8 Å². The van der Waals surface area contributed by atoms with Crippen LogP contribution in [0.1, 0.15) is 19.4 Å². The maximum atomic E-state index is 12.5. The lowest BCUT2D eigenvalue weighted by Crippen LogP contribution is -2.27. The highest BCUT2D eigenvalue weighted by molar-refractivity contribution is 6.31. The number of fused-ring (bicyclic) bond motifs is 1. The molecule has 0 radical (unpaired) electrons. The summed E-state index contributed by atoms with van der Waals surface area (Å²) < 4.78 is 5.52. The summed E-state index contributed by atoms with van der Waals surface area (Å²) in [4.78, 5) is 14.6. The first-order valence-corrected chi connectivity index (χ1v) is 6.95. The van der Waals surface area contributed by atoms with Crippen LogP contribution < -0.4 is 5.43 Å². The lowest BCUT2D eigenvalue weighted by atomic mass is 10.1. The van der Waals surface area contributed by atoms with E-state index in [2.05, 4.69) is 18.4 Å².